The van der Waals surface area contributed by atoms with Crippen molar-refractivity contribution in [2.24, 2.45) is 0 Å². The van der Waals surface area contributed by atoms with E-state index >= 15 is 0 Å². The molecule has 0 unspecified atom stereocenters. The molecule has 0 saturated carbocycles. The van der Waals surface area contributed by atoms with E-state index in [4.69, 9.17) is 9.05 Å². The summed E-state index contributed by atoms with van der Waals surface area (Å²) >= 11 is 3.11. The van der Waals surface area contributed by atoms with Crippen molar-refractivity contribution in [3.8, 4) is 10.7 Å². The van der Waals surface area contributed by atoms with Crippen molar-refractivity contribution >= 4 is 29.0 Å². The molecule has 4 aromatic rings. The number of carbonyl (C=O) groups is 1. The third-order valence-electron chi connectivity index (χ3n) is 5.27. The fourth-order valence-corrected chi connectivity index (χ4v) is 5.13. The number of piperazine rings is 1. The van der Waals surface area contributed by atoms with Gasteiger partial charge >= 0.3 is 0 Å². The summed E-state index contributed by atoms with van der Waals surface area (Å²) in [6, 6.07) is 11.6. The van der Waals surface area contributed by atoms with E-state index in [1.165, 1.54) is 11.8 Å². The van der Waals surface area contributed by atoms with E-state index in [0.29, 0.717) is 54.4 Å². The lowest BCUT2D eigenvalue weighted by atomic mass is 10.2. The Bertz CT molecular complexity index is 1210. The summed E-state index contributed by atoms with van der Waals surface area (Å²) in [4.78, 5) is 28.0. The van der Waals surface area contributed by atoms with Gasteiger partial charge in [-0.2, -0.15) is 9.97 Å². The van der Waals surface area contributed by atoms with E-state index in [9.17, 15) is 4.79 Å². The van der Waals surface area contributed by atoms with Crippen LogP contribution in [-0.4, -0.2) is 62.2 Å². The van der Waals surface area contributed by atoms with Crippen molar-refractivity contribution in [1.82, 2.24) is 30.1 Å². The summed E-state index contributed by atoms with van der Waals surface area (Å²) in [7, 11) is 0. The average molecular weight is 483 g/mol. The van der Waals surface area contributed by atoms with Gasteiger partial charge in [0, 0.05) is 31.1 Å². The molecular formula is C22H22N6O3S2. The smallest absolute Gasteiger partial charge is 0.255 e. The van der Waals surface area contributed by atoms with Gasteiger partial charge in [0.05, 0.1) is 22.7 Å². The van der Waals surface area contributed by atoms with Crippen molar-refractivity contribution < 1.29 is 13.8 Å². The van der Waals surface area contributed by atoms with E-state index in [-0.39, 0.29) is 5.91 Å². The third-order valence-corrected chi connectivity index (χ3v) is 7.19. The monoisotopic (exact) mass is 482 g/mol. The van der Waals surface area contributed by atoms with Crippen molar-refractivity contribution in [3.63, 3.8) is 0 Å². The van der Waals surface area contributed by atoms with Crippen LogP contribution in [-0.2, 0) is 12.3 Å². The van der Waals surface area contributed by atoms with E-state index in [1.54, 1.807) is 18.3 Å². The first-order valence-electron chi connectivity index (χ1n) is 10.5. The molecular weight excluding hydrogens is 460 g/mol. The maximum Gasteiger partial charge on any atom is 0.255 e. The maximum absolute atomic E-state index is 13.2. The molecule has 1 fully saturated rings. The Kier molecular flexibility index (Phi) is 6.51. The predicted molar refractivity (Wildman–Crippen MR) is 124 cm³/mol. The molecule has 170 valence electrons. The highest BCUT2D eigenvalue weighted by Crippen LogP contribution is 2.27. The zero-order chi connectivity index (χ0) is 22.6. The van der Waals surface area contributed by atoms with Gasteiger partial charge in [0.25, 0.3) is 5.91 Å². The van der Waals surface area contributed by atoms with Crippen molar-refractivity contribution in [2.75, 3.05) is 26.2 Å². The summed E-state index contributed by atoms with van der Waals surface area (Å²) < 4.78 is 10.6. The number of thioether (sulfide) groups is 1. The van der Waals surface area contributed by atoms with E-state index in [0.717, 1.165) is 22.9 Å². The Morgan fingerprint density at radius 3 is 2.61 bits per heavy atom. The topological polar surface area (TPSA) is 101 Å². The maximum atomic E-state index is 13.2. The first-order chi connectivity index (χ1) is 16.2. The first kappa shape index (κ1) is 21.8. The Labute approximate surface area is 198 Å². The largest absolute Gasteiger partial charge is 0.338 e. The standard InChI is InChI=1S/C22H22N6O3S2/c1-15-23-20(31-25-15)14-33-17-6-3-2-5-16(17)22(29)28-10-8-27(9-11-28)13-19-24-21(26-30-19)18-7-4-12-32-18/h2-7,12H,8-11,13-14H2,1H3. The van der Waals surface area contributed by atoms with Gasteiger partial charge in [-0.05, 0) is 30.5 Å². The highest BCUT2D eigenvalue weighted by molar-refractivity contribution is 7.98. The molecule has 1 aromatic carbocycles. The molecule has 3 aromatic heterocycles. The number of aromatic nitrogens is 4. The van der Waals surface area contributed by atoms with Gasteiger partial charge in [-0.15, -0.1) is 23.1 Å². The van der Waals surface area contributed by atoms with Gasteiger partial charge in [-0.25, -0.2) is 0 Å². The quantitative estimate of drug-likeness (QED) is 0.365. The number of nitrogens with zero attached hydrogens (tertiary/aromatic N) is 6. The normalized spacial score (nSPS) is 14.6. The zero-order valence-electron chi connectivity index (χ0n) is 18.0. The fourth-order valence-electron chi connectivity index (χ4n) is 3.60. The summed E-state index contributed by atoms with van der Waals surface area (Å²) in [5.74, 6) is 2.94. The first-order valence-corrected chi connectivity index (χ1v) is 12.4. The molecule has 0 aliphatic carbocycles. The van der Waals surface area contributed by atoms with Gasteiger partial charge < -0.3 is 13.9 Å². The number of hydrogen-bond donors (Lipinski definition) is 0. The Morgan fingerprint density at radius 1 is 1.03 bits per heavy atom. The Balaban J connectivity index is 1.17. The molecule has 5 rings (SSSR count). The molecule has 11 heteroatoms. The second kappa shape index (κ2) is 9.86. The van der Waals surface area contributed by atoms with Crippen molar-refractivity contribution in [2.45, 2.75) is 24.1 Å². The summed E-state index contributed by atoms with van der Waals surface area (Å²) in [5.41, 5.74) is 0.699. The minimum absolute atomic E-state index is 0.0391. The Morgan fingerprint density at radius 2 is 1.85 bits per heavy atom. The number of rotatable bonds is 7. The van der Waals surface area contributed by atoms with Crippen molar-refractivity contribution in [1.29, 1.82) is 0 Å². The minimum atomic E-state index is 0.0391. The zero-order valence-corrected chi connectivity index (χ0v) is 19.6. The van der Waals surface area contributed by atoms with Crippen LogP contribution in [0.1, 0.15) is 28.0 Å². The number of hydrogen-bond acceptors (Lipinski definition) is 10. The second-order valence-corrected chi connectivity index (χ2v) is 9.54. The number of carbonyl (C=O) groups excluding carboxylic acids is 1. The second-order valence-electron chi connectivity index (χ2n) is 7.58. The fraction of sp³-hybridized carbons (Fsp3) is 0.318. The van der Waals surface area contributed by atoms with Crippen LogP contribution in [0, 0.1) is 6.92 Å². The van der Waals surface area contributed by atoms with Gasteiger partial charge in [-0.1, -0.05) is 28.5 Å². The molecule has 9 nitrogen and oxygen atoms in total. The molecule has 1 amide bonds. The minimum Gasteiger partial charge on any atom is -0.338 e. The molecule has 0 radical (unpaired) electrons. The summed E-state index contributed by atoms with van der Waals surface area (Å²) in [6.07, 6.45) is 0. The van der Waals surface area contributed by atoms with Gasteiger partial charge in [0.15, 0.2) is 5.82 Å². The predicted octanol–water partition coefficient (Wildman–Crippen LogP) is 3.74. The lowest BCUT2D eigenvalue weighted by Crippen LogP contribution is -2.48. The molecule has 4 heterocycles. The summed E-state index contributed by atoms with van der Waals surface area (Å²) in [5, 5.41) is 9.88. The summed E-state index contributed by atoms with van der Waals surface area (Å²) in [6.45, 7) is 5.16. The molecule has 1 saturated heterocycles. The van der Waals surface area contributed by atoms with E-state index < -0.39 is 0 Å². The number of amides is 1. The van der Waals surface area contributed by atoms with Crippen LogP contribution in [0.5, 0.6) is 0 Å². The van der Waals surface area contributed by atoms with Crippen LogP contribution < -0.4 is 0 Å². The number of thiophene rings is 1. The highest BCUT2D eigenvalue weighted by atomic mass is 32.2. The lowest BCUT2D eigenvalue weighted by molar-refractivity contribution is 0.0611. The van der Waals surface area contributed by atoms with Gasteiger partial charge in [-0.3, -0.25) is 9.69 Å². The van der Waals surface area contributed by atoms with Crippen LogP contribution in [0.3, 0.4) is 0 Å². The molecule has 33 heavy (non-hydrogen) atoms. The van der Waals surface area contributed by atoms with Crippen LogP contribution in [0.25, 0.3) is 10.7 Å². The van der Waals surface area contributed by atoms with Crippen LogP contribution in [0.4, 0.5) is 0 Å². The van der Waals surface area contributed by atoms with Gasteiger partial charge in [0.1, 0.15) is 0 Å². The average Bonchev–Trinajstić information content (AvgIpc) is 3.60. The molecule has 1 aliphatic rings. The van der Waals surface area contributed by atoms with Crippen LogP contribution in [0.15, 0.2) is 55.7 Å². The Hall–Kier alpha value is -3.02. The molecule has 0 bridgehead atoms. The van der Waals surface area contributed by atoms with Crippen LogP contribution in [0.2, 0.25) is 0 Å². The number of aryl methyl sites for hydroxylation is 1. The molecule has 1 aliphatic heterocycles. The lowest BCUT2D eigenvalue weighted by Gasteiger charge is -2.34. The van der Waals surface area contributed by atoms with E-state index in [2.05, 4.69) is 25.2 Å². The highest BCUT2D eigenvalue weighted by Gasteiger charge is 2.25. The molecule has 0 atom stereocenters. The van der Waals surface area contributed by atoms with E-state index in [1.807, 2.05) is 46.7 Å². The SMILES string of the molecule is Cc1noc(CSc2ccccc2C(=O)N2CCN(Cc3nc(-c4cccs4)no3)CC2)n1. The third kappa shape index (κ3) is 5.15. The molecule has 0 N–H and O–H groups in total. The van der Waals surface area contributed by atoms with Gasteiger partial charge in [0.2, 0.25) is 17.6 Å². The number of benzene rings is 1. The van der Waals surface area contributed by atoms with Crippen LogP contribution >= 0.6 is 23.1 Å². The van der Waals surface area contributed by atoms with Crippen molar-refractivity contribution in [3.05, 3.63) is 64.9 Å². The molecule has 0 spiro atoms.